The summed E-state index contributed by atoms with van der Waals surface area (Å²) in [6.07, 6.45) is 0. The normalized spacial score (nSPS) is 10.1. The molecule has 2 aromatic carbocycles. The molecule has 0 radical (unpaired) electrons. The second-order valence-electron chi connectivity index (χ2n) is 4.92. The zero-order valence-electron chi connectivity index (χ0n) is 12.1. The van der Waals surface area contributed by atoms with Gasteiger partial charge in [-0.05, 0) is 31.6 Å². The molecule has 0 aliphatic heterocycles. The lowest BCUT2D eigenvalue weighted by Crippen LogP contribution is -1.98. The van der Waals surface area contributed by atoms with E-state index in [2.05, 4.69) is 44.7 Å². The lowest BCUT2D eigenvalue weighted by atomic mass is 10.2. The topological polar surface area (TPSA) is 18.5 Å². The first kappa shape index (κ1) is 14.2. The van der Waals surface area contributed by atoms with Crippen molar-refractivity contribution in [2.24, 2.45) is 0 Å². The second-order valence-corrected chi connectivity index (χ2v) is 4.92. The molecule has 2 aromatic rings. The molecule has 0 aliphatic rings. The third-order valence-corrected chi connectivity index (χ3v) is 3.04. The number of hydrogen-bond donors (Lipinski definition) is 0. The van der Waals surface area contributed by atoms with E-state index in [1.54, 1.807) is 0 Å². The molecule has 0 aromatic heterocycles. The summed E-state index contributed by atoms with van der Waals surface area (Å²) in [6.45, 7) is 8.86. The molecule has 0 atom stereocenters. The zero-order chi connectivity index (χ0) is 14.4. The van der Waals surface area contributed by atoms with Gasteiger partial charge in [-0.1, -0.05) is 59.7 Å². The largest absolute Gasteiger partial charge is 0.461 e. The minimum absolute atomic E-state index is 0.353. The third-order valence-electron chi connectivity index (χ3n) is 3.04. The van der Waals surface area contributed by atoms with Crippen LogP contribution in [0.3, 0.4) is 0 Å². The molecule has 0 heterocycles. The molecule has 2 rings (SSSR count). The van der Waals surface area contributed by atoms with Crippen LogP contribution in [-0.2, 0) is 22.7 Å². The molecule has 0 aliphatic carbocycles. The van der Waals surface area contributed by atoms with E-state index >= 15 is 0 Å². The van der Waals surface area contributed by atoms with Crippen LogP contribution in [-0.4, -0.2) is 0 Å². The highest BCUT2D eigenvalue weighted by Gasteiger charge is 1.99. The number of aryl methyl sites for hydroxylation is 2. The van der Waals surface area contributed by atoms with E-state index < -0.39 is 0 Å². The SMILES string of the molecule is C=C(OCc1ccc(C)cc1)OCc1ccc(C)cc1. The van der Waals surface area contributed by atoms with Crippen molar-refractivity contribution in [3.05, 3.63) is 83.3 Å². The molecule has 0 bridgehead atoms. The maximum Gasteiger partial charge on any atom is 0.272 e. The molecule has 0 amide bonds. The molecule has 0 saturated carbocycles. The van der Waals surface area contributed by atoms with Crippen LogP contribution >= 0.6 is 0 Å². The van der Waals surface area contributed by atoms with Gasteiger partial charge < -0.3 is 9.47 Å². The molecular weight excluding hydrogens is 248 g/mol. The summed E-state index contributed by atoms with van der Waals surface area (Å²) in [7, 11) is 0. The van der Waals surface area contributed by atoms with Crippen LogP contribution in [0, 0.1) is 13.8 Å². The van der Waals surface area contributed by atoms with Gasteiger partial charge in [0.1, 0.15) is 13.2 Å². The lowest BCUT2D eigenvalue weighted by Gasteiger charge is -2.11. The Morgan fingerprint density at radius 1 is 0.750 bits per heavy atom. The fourth-order valence-corrected chi connectivity index (χ4v) is 1.74. The smallest absolute Gasteiger partial charge is 0.272 e. The van der Waals surface area contributed by atoms with Gasteiger partial charge >= 0.3 is 0 Å². The van der Waals surface area contributed by atoms with Crippen molar-refractivity contribution in [3.8, 4) is 0 Å². The maximum absolute atomic E-state index is 5.50. The van der Waals surface area contributed by atoms with Gasteiger partial charge in [-0.15, -0.1) is 0 Å². The van der Waals surface area contributed by atoms with E-state index in [4.69, 9.17) is 9.47 Å². The molecule has 104 valence electrons. The quantitative estimate of drug-likeness (QED) is 0.718. The average molecular weight is 268 g/mol. The van der Waals surface area contributed by atoms with Crippen molar-refractivity contribution >= 4 is 0 Å². The van der Waals surface area contributed by atoms with Gasteiger partial charge in [-0.25, -0.2) is 0 Å². The van der Waals surface area contributed by atoms with Crippen molar-refractivity contribution in [1.82, 2.24) is 0 Å². The van der Waals surface area contributed by atoms with Crippen molar-refractivity contribution in [2.75, 3.05) is 0 Å². The van der Waals surface area contributed by atoms with E-state index in [0.29, 0.717) is 19.2 Å². The minimum atomic E-state index is 0.353. The maximum atomic E-state index is 5.50. The number of hydrogen-bond acceptors (Lipinski definition) is 2. The van der Waals surface area contributed by atoms with Crippen molar-refractivity contribution in [1.29, 1.82) is 0 Å². The fraction of sp³-hybridized carbons (Fsp3) is 0.222. The standard InChI is InChI=1S/C18H20O2/c1-14-4-8-17(9-5-14)12-19-16(3)20-13-18-10-6-15(2)7-11-18/h4-11H,3,12-13H2,1-2H3. The van der Waals surface area contributed by atoms with Crippen LogP contribution in [0.25, 0.3) is 0 Å². The Bertz CT molecular complexity index is 501. The monoisotopic (exact) mass is 268 g/mol. The van der Waals surface area contributed by atoms with Crippen molar-refractivity contribution in [3.63, 3.8) is 0 Å². The van der Waals surface area contributed by atoms with E-state index in [9.17, 15) is 0 Å². The predicted molar refractivity (Wildman–Crippen MR) is 81.1 cm³/mol. The van der Waals surface area contributed by atoms with Crippen LogP contribution in [0.2, 0.25) is 0 Å². The molecular formula is C18H20O2. The van der Waals surface area contributed by atoms with E-state index in [1.165, 1.54) is 11.1 Å². The van der Waals surface area contributed by atoms with Crippen molar-refractivity contribution < 1.29 is 9.47 Å². The van der Waals surface area contributed by atoms with Gasteiger partial charge in [0.05, 0.1) is 0 Å². The van der Waals surface area contributed by atoms with Crippen molar-refractivity contribution in [2.45, 2.75) is 27.1 Å². The Balaban J connectivity index is 1.75. The molecule has 2 heteroatoms. The number of ether oxygens (including phenoxy) is 2. The lowest BCUT2D eigenvalue weighted by molar-refractivity contribution is 0.0215. The Morgan fingerprint density at radius 2 is 1.10 bits per heavy atom. The summed E-state index contributed by atoms with van der Waals surface area (Å²) in [5.74, 6) is 0.353. The van der Waals surface area contributed by atoms with Gasteiger partial charge in [-0.3, -0.25) is 0 Å². The molecule has 0 saturated heterocycles. The Hall–Kier alpha value is -2.22. The predicted octanol–water partition coefficient (Wildman–Crippen LogP) is 4.51. The van der Waals surface area contributed by atoms with Gasteiger partial charge in [-0.2, -0.15) is 0 Å². The van der Waals surface area contributed by atoms with Crippen LogP contribution in [0.15, 0.2) is 61.1 Å². The molecule has 2 nitrogen and oxygen atoms in total. The minimum Gasteiger partial charge on any atom is -0.461 e. The zero-order valence-corrected chi connectivity index (χ0v) is 12.1. The Morgan fingerprint density at radius 3 is 1.45 bits per heavy atom. The molecule has 0 spiro atoms. The highest BCUT2D eigenvalue weighted by Crippen LogP contribution is 2.10. The van der Waals surface area contributed by atoms with Gasteiger partial charge in [0.15, 0.2) is 0 Å². The van der Waals surface area contributed by atoms with Crippen LogP contribution in [0.4, 0.5) is 0 Å². The first-order chi connectivity index (χ1) is 9.63. The number of benzene rings is 2. The fourth-order valence-electron chi connectivity index (χ4n) is 1.74. The highest BCUT2D eigenvalue weighted by atomic mass is 16.7. The van der Waals surface area contributed by atoms with Gasteiger partial charge in [0.2, 0.25) is 0 Å². The highest BCUT2D eigenvalue weighted by molar-refractivity contribution is 5.21. The average Bonchev–Trinajstić information content (AvgIpc) is 2.46. The third kappa shape index (κ3) is 4.47. The summed E-state index contributed by atoms with van der Waals surface area (Å²) < 4.78 is 11.0. The molecule has 0 fully saturated rings. The molecule has 0 unspecified atom stereocenters. The summed E-state index contributed by atoms with van der Waals surface area (Å²) in [6, 6.07) is 16.4. The summed E-state index contributed by atoms with van der Waals surface area (Å²) in [5, 5.41) is 0. The van der Waals surface area contributed by atoms with Gasteiger partial charge in [0, 0.05) is 0 Å². The summed E-state index contributed by atoms with van der Waals surface area (Å²) >= 11 is 0. The first-order valence-electron chi connectivity index (χ1n) is 6.69. The first-order valence-corrected chi connectivity index (χ1v) is 6.69. The molecule has 20 heavy (non-hydrogen) atoms. The van der Waals surface area contributed by atoms with E-state index in [0.717, 1.165) is 11.1 Å². The Labute approximate surface area is 120 Å². The van der Waals surface area contributed by atoms with E-state index in [1.807, 2.05) is 24.3 Å². The van der Waals surface area contributed by atoms with E-state index in [-0.39, 0.29) is 0 Å². The second kappa shape index (κ2) is 6.80. The van der Waals surface area contributed by atoms with Crippen LogP contribution in [0.1, 0.15) is 22.3 Å². The van der Waals surface area contributed by atoms with Crippen LogP contribution in [0.5, 0.6) is 0 Å². The summed E-state index contributed by atoms with van der Waals surface area (Å²) in [5.41, 5.74) is 4.69. The number of rotatable bonds is 6. The van der Waals surface area contributed by atoms with Crippen LogP contribution < -0.4 is 0 Å². The Kier molecular flexibility index (Phi) is 4.83. The summed E-state index contributed by atoms with van der Waals surface area (Å²) in [4.78, 5) is 0. The molecule has 0 N–H and O–H groups in total. The van der Waals surface area contributed by atoms with Gasteiger partial charge in [0.25, 0.3) is 5.95 Å².